The summed E-state index contributed by atoms with van der Waals surface area (Å²) in [7, 11) is 0. The van der Waals surface area contributed by atoms with E-state index in [1.165, 1.54) is 22.6 Å². The number of rotatable bonds is 18. The summed E-state index contributed by atoms with van der Waals surface area (Å²) in [6.07, 6.45) is 10.6. The molecule has 12 heteroatoms. The number of ether oxygens (including phenoxy) is 2. The van der Waals surface area contributed by atoms with E-state index in [2.05, 4.69) is 13.8 Å². The molecule has 2 rings (SSSR count). The van der Waals surface area contributed by atoms with Crippen LogP contribution in [0.2, 0.25) is 0 Å². The van der Waals surface area contributed by atoms with Crippen molar-refractivity contribution in [2.75, 3.05) is 26.3 Å². The molecule has 2 fully saturated rings. The summed E-state index contributed by atoms with van der Waals surface area (Å²) in [5.74, 6) is -1.60. The highest BCUT2D eigenvalue weighted by Crippen LogP contribution is 2.42. The number of carbonyl (C=O) groups excluding carboxylic acids is 4. The number of hydrogen-bond donors (Lipinski definition) is 0. The lowest BCUT2D eigenvalue weighted by Crippen LogP contribution is -2.32. The summed E-state index contributed by atoms with van der Waals surface area (Å²) in [5.41, 5.74) is 0. The molecule has 0 aliphatic carbocycles. The van der Waals surface area contributed by atoms with Gasteiger partial charge in [0.2, 0.25) is 0 Å². The quantitative estimate of drug-likeness (QED) is 0.0839. The van der Waals surface area contributed by atoms with Gasteiger partial charge in [0.1, 0.15) is 8.64 Å². The molecule has 2 aliphatic rings. The highest BCUT2D eigenvalue weighted by Gasteiger charge is 2.42. The Morgan fingerprint density at radius 1 is 0.658 bits per heavy atom. The second-order valence-corrected chi connectivity index (χ2v) is 12.4. The van der Waals surface area contributed by atoms with Crippen LogP contribution in [0, 0.1) is 0 Å². The molecule has 212 valence electrons. The van der Waals surface area contributed by atoms with Crippen LogP contribution in [0.15, 0.2) is 9.81 Å². The first kappa shape index (κ1) is 32.7. The van der Waals surface area contributed by atoms with Gasteiger partial charge in [-0.3, -0.25) is 29.0 Å². The maximum atomic E-state index is 13.0. The van der Waals surface area contributed by atoms with E-state index in [0.717, 1.165) is 74.9 Å². The Kier molecular flexibility index (Phi) is 15.5. The van der Waals surface area contributed by atoms with Crippen molar-refractivity contribution in [1.29, 1.82) is 0 Å². The van der Waals surface area contributed by atoms with Crippen LogP contribution in [0.4, 0.5) is 0 Å². The molecule has 0 aromatic rings. The Balaban J connectivity index is 1.81. The third-order valence-electron chi connectivity index (χ3n) is 6.01. The van der Waals surface area contributed by atoms with Crippen molar-refractivity contribution < 1.29 is 28.7 Å². The molecule has 2 saturated heterocycles. The standard InChI is InChI=1S/C26H38N2O6S4/c1-3-5-7-9-11-17-33-19(29)13-15-27-23(31)21(37-25(27)35)22-24(32)28(26(36)38-22)16-14-20(30)34-18-12-10-8-6-4-2/h3-18H2,1-2H3. The number of hydrogen-bond acceptors (Lipinski definition) is 10. The molecule has 0 aromatic carbocycles. The molecule has 0 atom stereocenters. The molecule has 0 unspecified atom stereocenters. The van der Waals surface area contributed by atoms with Gasteiger partial charge in [0.05, 0.1) is 35.9 Å². The van der Waals surface area contributed by atoms with Crippen LogP contribution >= 0.6 is 48.0 Å². The van der Waals surface area contributed by atoms with E-state index in [-0.39, 0.29) is 56.3 Å². The lowest BCUT2D eigenvalue weighted by atomic mass is 10.2. The van der Waals surface area contributed by atoms with Gasteiger partial charge >= 0.3 is 11.9 Å². The van der Waals surface area contributed by atoms with Crippen molar-refractivity contribution in [3.63, 3.8) is 0 Å². The van der Waals surface area contributed by atoms with Crippen LogP contribution in [-0.2, 0) is 28.7 Å². The first-order valence-corrected chi connectivity index (χ1v) is 15.9. The Labute approximate surface area is 245 Å². The number of nitrogens with zero attached hydrogens (tertiary/aromatic N) is 2. The number of carbonyl (C=O) groups is 4. The maximum Gasteiger partial charge on any atom is 0.307 e. The highest BCUT2D eigenvalue weighted by atomic mass is 32.2. The number of thioether (sulfide) groups is 2. The molecule has 0 radical (unpaired) electrons. The molecule has 0 aromatic heterocycles. The average molecular weight is 603 g/mol. The molecule has 0 bridgehead atoms. The van der Waals surface area contributed by atoms with Gasteiger partial charge < -0.3 is 9.47 Å². The van der Waals surface area contributed by atoms with E-state index in [9.17, 15) is 19.2 Å². The predicted molar refractivity (Wildman–Crippen MR) is 159 cm³/mol. The number of amides is 2. The second-order valence-electron chi connectivity index (χ2n) is 9.08. The molecule has 0 saturated carbocycles. The molecule has 0 N–H and O–H groups in total. The lowest BCUT2D eigenvalue weighted by Gasteiger charge is -2.14. The Bertz CT molecular complexity index is 851. The van der Waals surface area contributed by atoms with Crippen LogP contribution < -0.4 is 0 Å². The fraction of sp³-hybridized carbons (Fsp3) is 0.692. The summed E-state index contributed by atoms with van der Waals surface area (Å²) in [4.78, 5) is 53.3. The molecule has 0 spiro atoms. The Morgan fingerprint density at radius 2 is 1.03 bits per heavy atom. The number of unbranched alkanes of at least 4 members (excludes halogenated alkanes) is 8. The van der Waals surface area contributed by atoms with Gasteiger partial charge in [-0.25, -0.2) is 0 Å². The van der Waals surface area contributed by atoms with E-state index >= 15 is 0 Å². The Hall–Kier alpha value is -1.50. The summed E-state index contributed by atoms with van der Waals surface area (Å²) in [6, 6.07) is 0. The monoisotopic (exact) mass is 602 g/mol. The van der Waals surface area contributed by atoms with Gasteiger partial charge in [0.25, 0.3) is 11.8 Å². The first-order chi connectivity index (χ1) is 18.3. The smallest absolute Gasteiger partial charge is 0.307 e. The van der Waals surface area contributed by atoms with Gasteiger partial charge in [-0.15, -0.1) is 0 Å². The van der Waals surface area contributed by atoms with Gasteiger partial charge in [0, 0.05) is 13.1 Å². The normalized spacial score (nSPS) is 17.6. The number of esters is 2. The van der Waals surface area contributed by atoms with Crippen LogP contribution in [0.5, 0.6) is 0 Å². The van der Waals surface area contributed by atoms with E-state index in [1.807, 2.05) is 0 Å². The van der Waals surface area contributed by atoms with Gasteiger partial charge in [-0.1, -0.05) is 113 Å². The third kappa shape index (κ3) is 10.6. The van der Waals surface area contributed by atoms with Gasteiger partial charge in [-0.05, 0) is 12.8 Å². The molecular weight excluding hydrogens is 565 g/mol. The minimum atomic E-state index is -0.421. The first-order valence-electron chi connectivity index (χ1n) is 13.4. The van der Waals surface area contributed by atoms with Crippen molar-refractivity contribution >= 4 is 80.4 Å². The van der Waals surface area contributed by atoms with Crippen LogP contribution in [0.3, 0.4) is 0 Å². The molecular formula is C26H38N2O6S4. The molecule has 38 heavy (non-hydrogen) atoms. The van der Waals surface area contributed by atoms with Crippen molar-refractivity contribution in [3.8, 4) is 0 Å². The van der Waals surface area contributed by atoms with Gasteiger partial charge in [0.15, 0.2) is 0 Å². The summed E-state index contributed by atoms with van der Waals surface area (Å²) in [5, 5.41) is 0. The Morgan fingerprint density at radius 3 is 1.39 bits per heavy atom. The van der Waals surface area contributed by atoms with Crippen LogP contribution in [0.1, 0.15) is 90.9 Å². The van der Waals surface area contributed by atoms with Crippen LogP contribution in [-0.4, -0.2) is 68.5 Å². The zero-order valence-electron chi connectivity index (χ0n) is 22.3. The van der Waals surface area contributed by atoms with Crippen molar-refractivity contribution in [2.45, 2.75) is 90.9 Å². The SMILES string of the molecule is CCCCCCCOC(=O)CCN1C(=O)C(=C2SC(=S)N(CCC(=O)OCCCCCCC)C2=O)SC1=S. The van der Waals surface area contributed by atoms with Crippen molar-refractivity contribution in [1.82, 2.24) is 9.80 Å². The van der Waals surface area contributed by atoms with Gasteiger partial charge in [-0.2, -0.15) is 0 Å². The molecule has 2 amide bonds. The fourth-order valence-electron chi connectivity index (χ4n) is 3.79. The topological polar surface area (TPSA) is 93.2 Å². The van der Waals surface area contributed by atoms with Crippen LogP contribution in [0.25, 0.3) is 0 Å². The van der Waals surface area contributed by atoms with E-state index in [1.54, 1.807) is 0 Å². The molecule has 2 heterocycles. The second kappa shape index (κ2) is 18.0. The zero-order valence-corrected chi connectivity index (χ0v) is 25.6. The fourth-order valence-corrected chi connectivity index (χ4v) is 6.56. The molecule has 2 aliphatic heterocycles. The van der Waals surface area contributed by atoms with E-state index < -0.39 is 11.8 Å². The minimum Gasteiger partial charge on any atom is -0.466 e. The maximum absolute atomic E-state index is 13.0. The number of thiocarbonyl (C=S) groups is 2. The highest BCUT2D eigenvalue weighted by molar-refractivity contribution is 8.29. The summed E-state index contributed by atoms with van der Waals surface area (Å²) in [6.45, 7) is 5.21. The largest absolute Gasteiger partial charge is 0.466 e. The zero-order chi connectivity index (χ0) is 27.9. The van der Waals surface area contributed by atoms with Crippen molar-refractivity contribution in [2.24, 2.45) is 0 Å². The summed E-state index contributed by atoms with van der Waals surface area (Å²) >= 11 is 12.7. The molecule has 8 nitrogen and oxygen atoms in total. The summed E-state index contributed by atoms with van der Waals surface area (Å²) < 4.78 is 11.1. The van der Waals surface area contributed by atoms with E-state index in [0.29, 0.717) is 13.2 Å². The minimum absolute atomic E-state index is 0.0242. The lowest BCUT2D eigenvalue weighted by molar-refractivity contribution is -0.145. The average Bonchev–Trinajstić information content (AvgIpc) is 3.33. The predicted octanol–water partition coefficient (Wildman–Crippen LogP) is 5.73. The van der Waals surface area contributed by atoms with E-state index in [4.69, 9.17) is 33.9 Å². The van der Waals surface area contributed by atoms with Crippen molar-refractivity contribution in [3.05, 3.63) is 9.81 Å². The third-order valence-corrected chi connectivity index (χ3v) is 9.03.